The first-order valence-corrected chi connectivity index (χ1v) is 8.94. The summed E-state index contributed by atoms with van der Waals surface area (Å²) >= 11 is 25.5. The normalized spacial score (nSPS) is 25.0. The molecule has 0 radical (unpaired) electrons. The number of anilines is 1. The van der Waals surface area contributed by atoms with Crippen molar-refractivity contribution in [2.45, 2.75) is 18.4 Å². The summed E-state index contributed by atoms with van der Waals surface area (Å²) in [7, 11) is 0. The Kier molecular flexibility index (Phi) is 4.01. The number of fused-ring (bicyclic) bond motifs is 3. The van der Waals surface area contributed by atoms with Crippen LogP contribution in [0.2, 0.25) is 20.1 Å². The minimum absolute atomic E-state index is 0.0460. The molecule has 0 saturated carbocycles. The number of rotatable bonds is 1. The van der Waals surface area contributed by atoms with Crippen molar-refractivity contribution < 1.29 is 0 Å². The molecule has 0 amide bonds. The van der Waals surface area contributed by atoms with Gasteiger partial charge in [0.1, 0.15) is 0 Å². The van der Waals surface area contributed by atoms with Gasteiger partial charge in [0.2, 0.25) is 0 Å². The standard InChI is InChI=1S/C18H13Cl4N/c19-12-7-8-14(21)18-15(12)9-3-1-4-10(9)17(23-18)11-5-2-6-13(20)16(11)22/h1-3,5-10,17,23H,4H2. The SMILES string of the molecule is Clc1cccc(C2Nc3c(Cl)ccc(Cl)c3C3C=CCC32)c1Cl. The van der Waals surface area contributed by atoms with Gasteiger partial charge in [-0.25, -0.2) is 0 Å². The maximum atomic E-state index is 6.46. The topological polar surface area (TPSA) is 12.0 Å². The Balaban J connectivity index is 1.88. The number of halogens is 4. The lowest BCUT2D eigenvalue weighted by molar-refractivity contribution is 0.426. The van der Waals surface area contributed by atoms with E-state index in [0.29, 0.717) is 21.0 Å². The molecule has 0 saturated heterocycles. The van der Waals surface area contributed by atoms with Crippen molar-refractivity contribution in [2.75, 3.05) is 5.32 Å². The molecule has 0 fully saturated rings. The average molecular weight is 385 g/mol. The molecule has 0 spiro atoms. The average Bonchev–Trinajstić information content (AvgIpc) is 3.02. The number of benzene rings is 2. The summed E-state index contributed by atoms with van der Waals surface area (Å²) in [6.07, 6.45) is 5.39. The van der Waals surface area contributed by atoms with Crippen LogP contribution in [0.25, 0.3) is 0 Å². The molecule has 3 unspecified atom stereocenters. The molecule has 118 valence electrons. The predicted molar refractivity (Wildman–Crippen MR) is 99.3 cm³/mol. The van der Waals surface area contributed by atoms with E-state index in [1.165, 1.54) is 0 Å². The molecule has 2 aliphatic rings. The zero-order valence-corrected chi connectivity index (χ0v) is 15.0. The van der Waals surface area contributed by atoms with Crippen LogP contribution in [-0.4, -0.2) is 0 Å². The third-order valence-electron chi connectivity index (χ3n) is 4.73. The summed E-state index contributed by atoms with van der Waals surface area (Å²) in [6, 6.07) is 9.48. The van der Waals surface area contributed by atoms with Crippen molar-refractivity contribution in [3.8, 4) is 0 Å². The fraction of sp³-hybridized carbons (Fsp3) is 0.222. The van der Waals surface area contributed by atoms with E-state index in [4.69, 9.17) is 46.4 Å². The second-order valence-corrected chi connectivity index (χ2v) is 7.54. The Morgan fingerprint density at radius 1 is 0.913 bits per heavy atom. The molecular formula is C18H13Cl4N. The molecule has 23 heavy (non-hydrogen) atoms. The Morgan fingerprint density at radius 3 is 2.52 bits per heavy atom. The summed E-state index contributed by atoms with van der Waals surface area (Å²) in [6.45, 7) is 0. The van der Waals surface area contributed by atoms with Crippen LogP contribution < -0.4 is 5.32 Å². The molecule has 2 aromatic carbocycles. The highest BCUT2D eigenvalue weighted by Crippen LogP contribution is 2.54. The van der Waals surface area contributed by atoms with Crippen LogP contribution in [-0.2, 0) is 0 Å². The van der Waals surface area contributed by atoms with E-state index in [9.17, 15) is 0 Å². The maximum absolute atomic E-state index is 6.46. The Hall–Kier alpha value is -0.860. The van der Waals surface area contributed by atoms with E-state index >= 15 is 0 Å². The van der Waals surface area contributed by atoms with Crippen LogP contribution in [0.1, 0.15) is 29.5 Å². The van der Waals surface area contributed by atoms with Gasteiger partial charge in [-0.15, -0.1) is 0 Å². The first-order chi connectivity index (χ1) is 11.1. The number of allylic oxidation sites excluding steroid dienone is 2. The van der Waals surface area contributed by atoms with Crippen molar-refractivity contribution in [3.63, 3.8) is 0 Å². The number of hydrogen-bond donors (Lipinski definition) is 1. The second kappa shape index (κ2) is 5.89. The molecule has 5 heteroatoms. The molecule has 3 atom stereocenters. The maximum Gasteiger partial charge on any atom is 0.0645 e. The van der Waals surface area contributed by atoms with Crippen molar-refractivity contribution in [1.82, 2.24) is 0 Å². The molecule has 1 N–H and O–H groups in total. The summed E-state index contributed by atoms with van der Waals surface area (Å²) in [5.41, 5.74) is 2.97. The van der Waals surface area contributed by atoms with Crippen LogP contribution >= 0.6 is 46.4 Å². The van der Waals surface area contributed by atoms with E-state index in [1.807, 2.05) is 24.3 Å². The quantitative estimate of drug-likeness (QED) is 0.515. The van der Waals surface area contributed by atoms with Gasteiger partial charge in [-0.3, -0.25) is 0 Å². The first-order valence-electron chi connectivity index (χ1n) is 7.43. The van der Waals surface area contributed by atoms with Gasteiger partial charge in [-0.2, -0.15) is 0 Å². The van der Waals surface area contributed by atoms with Gasteiger partial charge in [0.25, 0.3) is 0 Å². The molecule has 0 bridgehead atoms. The molecule has 1 aliphatic carbocycles. The van der Waals surface area contributed by atoms with Crippen LogP contribution in [0.3, 0.4) is 0 Å². The molecule has 0 aromatic heterocycles. The third kappa shape index (κ3) is 2.46. The van der Waals surface area contributed by atoms with Gasteiger partial charge < -0.3 is 5.32 Å². The summed E-state index contributed by atoms with van der Waals surface area (Å²) in [4.78, 5) is 0. The van der Waals surface area contributed by atoms with Gasteiger partial charge in [0.15, 0.2) is 0 Å². The second-order valence-electron chi connectivity index (χ2n) is 5.94. The fourth-order valence-corrected chi connectivity index (χ4v) is 4.63. The van der Waals surface area contributed by atoms with Crippen LogP contribution in [0.5, 0.6) is 0 Å². The lowest BCUT2D eigenvalue weighted by Crippen LogP contribution is -2.29. The van der Waals surface area contributed by atoms with Crippen molar-refractivity contribution in [1.29, 1.82) is 0 Å². The van der Waals surface area contributed by atoms with E-state index in [0.717, 1.165) is 28.3 Å². The van der Waals surface area contributed by atoms with Gasteiger partial charge in [0, 0.05) is 16.5 Å². The lowest BCUT2D eigenvalue weighted by atomic mass is 9.77. The van der Waals surface area contributed by atoms with Gasteiger partial charge in [-0.1, -0.05) is 70.7 Å². The molecule has 2 aromatic rings. The summed E-state index contributed by atoms with van der Waals surface area (Å²) in [5, 5.41) is 6.14. The van der Waals surface area contributed by atoms with Crippen molar-refractivity contribution in [3.05, 3.63) is 73.7 Å². The van der Waals surface area contributed by atoms with E-state index < -0.39 is 0 Å². The smallest absolute Gasteiger partial charge is 0.0645 e. The van der Waals surface area contributed by atoms with Crippen LogP contribution in [0, 0.1) is 5.92 Å². The minimum atomic E-state index is 0.0460. The molecule has 1 heterocycles. The monoisotopic (exact) mass is 383 g/mol. The zero-order valence-electron chi connectivity index (χ0n) is 12.0. The molecular weight excluding hydrogens is 372 g/mol. The van der Waals surface area contributed by atoms with Crippen LogP contribution in [0.4, 0.5) is 5.69 Å². The fourth-order valence-electron chi connectivity index (χ4n) is 3.70. The highest BCUT2D eigenvalue weighted by molar-refractivity contribution is 6.42. The Morgan fingerprint density at radius 2 is 1.70 bits per heavy atom. The molecule has 4 rings (SSSR count). The van der Waals surface area contributed by atoms with Gasteiger partial charge in [0.05, 0.1) is 26.8 Å². The van der Waals surface area contributed by atoms with Crippen molar-refractivity contribution >= 4 is 52.1 Å². The first kappa shape index (κ1) is 15.7. The lowest BCUT2D eigenvalue weighted by Gasteiger charge is -2.38. The van der Waals surface area contributed by atoms with Crippen LogP contribution in [0.15, 0.2) is 42.5 Å². The molecule has 1 aliphatic heterocycles. The third-order valence-corrected chi connectivity index (χ3v) is 6.21. The summed E-state index contributed by atoms with van der Waals surface area (Å²) in [5.74, 6) is 0.576. The number of nitrogens with one attached hydrogen (secondary N) is 1. The van der Waals surface area contributed by atoms with E-state index in [-0.39, 0.29) is 12.0 Å². The largest absolute Gasteiger partial charge is 0.376 e. The summed E-state index contributed by atoms with van der Waals surface area (Å²) < 4.78 is 0. The van der Waals surface area contributed by atoms with E-state index in [1.54, 1.807) is 6.07 Å². The predicted octanol–water partition coefficient (Wildman–Crippen LogP) is 7.13. The number of hydrogen-bond acceptors (Lipinski definition) is 1. The molecule has 1 nitrogen and oxygen atoms in total. The van der Waals surface area contributed by atoms with Gasteiger partial charge >= 0.3 is 0 Å². The highest BCUT2D eigenvalue weighted by Gasteiger charge is 2.40. The van der Waals surface area contributed by atoms with Gasteiger partial charge in [-0.05, 0) is 36.1 Å². The van der Waals surface area contributed by atoms with E-state index in [2.05, 4.69) is 17.5 Å². The Bertz CT molecular complexity index is 815. The minimum Gasteiger partial charge on any atom is -0.376 e. The van der Waals surface area contributed by atoms with Crippen molar-refractivity contribution in [2.24, 2.45) is 5.92 Å². The highest BCUT2D eigenvalue weighted by atomic mass is 35.5. The Labute approximate surface area is 155 Å². The zero-order chi connectivity index (χ0) is 16.1.